The molecule has 1 fully saturated rings. The van der Waals surface area contributed by atoms with Gasteiger partial charge in [-0.2, -0.15) is 0 Å². The fraction of sp³-hybridized carbons (Fsp3) is 0.889. The van der Waals surface area contributed by atoms with Crippen LogP contribution in [0.15, 0.2) is 0 Å². The maximum Gasteiger partial charge on any atom is 0.305 e. The van der Waals surface area contributed by atoms with Crippen molar-refractivity contribution in [3.05, 3.63) is 0 Å². The molecule has 0 aliphatic carbocycles. The Hall–Kier alpha value is -0.610. The van der Waals surface area contributed by atoms with Crippen molar-refractivity contribution in [2.75, 3.05) is 13.2 Å². The molecule has 1 rings (SSSR count). The van der Waals surface area contributed by atoms with E-state index in [1.807, 2.05) is 13.8 Å². The highest BCUT2D eigenvalue weighted by molar-refractivity contribution is 5.68. The number of rotatable bonds is 3. The zero-order valence-corrected chi connectivity index (χ0v) is 8.33. The van der Waals surface area contributed by atoms with Crippen LogP contribution in [0.5, 0.6) is 0 Å². The SMILES string of the molecule is CCC(=O)OC[C@@H]1COC(C)(C)O1. The molecule has 0 unspecified atom stereocenters. The summed E-state index contributed by atoms with van der Waals surface area (Å²) in [5.41, 5.74) is 0. The van der Waals surface area contributed by atoms with Crippen LogP contribution in [0.1, 0.15) is 27.2 Å². The highest BCUT2D eigenvalue weighted by Gasteiger charge is 2.33. The Balaban J connectivity index is 2.21. The molecule has 1 aliphatic rings. The van der Waals surface area contributed by atoms with E-state index in [0.717, 1.165) is 0 Å². The third-order valence-electron chi connectivity index (χ3n) is 1.79. The standard InChI is InChI=1S/C9H16O4/c1-4-8(10)11-5-7-6-12-9(2,3)13-7/h7H,4-6H2,1-3H3/t7-/m1/s1. The van der Waals surface area contributed by atoms with Gasteiger partial charge in [-0.25, -0.2) is 0 Å². The average Bonchev–Trinajstić information content (AvgIpc) is 2.41. The van der Waals surface area contributed by atoms with E-state index in [1.54, 1.807) is 6.92 Å². The van der Waals surface area contributed by atoms with Gasteiger partial charge in [0.05, 0.1) is 6.61 Å². The van der Waals surface area contributed by atoms with Crippen molar-refractivity contribution in [2.45, 2.75) is 39.1 Å². The van der Waals surface area contributed by atoms with Gasteiger partial charge in [-0.05, 0) is 13.8 Å². The molecule has 1 atom stereocenters. The smallest absolute Gasteiger partial charge is 0.305 e. The molecule has 4 heteroatoms. The number of esters is 1. The Morgan fingerprint density at radius 2 is 2.31 bits per heavy atom. The predicted molar refractivity (Wildman–Crippen MR) is 46.2 cm³/mol. The van der Waals surface area contributed by atoms with Crippen LogP contribution in [-0.2, 0) is 19.0 Å². The summed E-state index contributed by atoms with van der Waals surface area (Å²) in [6.45, 7) is 6.22. The van der Waals surface area contributed by atoms with Crippen molar-refractivity contribution in [3.8, 4) is 0 Å². The van der Waals surface area contributed by atoms with Crippen LogP contribution in [0.25, 0.3) is 0 Å². The minimum Gasteiger partial charge on any atom is -0.463 e. The van der Waals surface area contributed by atoms with Crippen LogP contribution in [0, 0.1) is 0 Å². The Labute approximate surface area is 78.2 Å². The Morgan fingerprint density at radius 1 is 1.62 bits per heavy atom. The van der Waals surface area contributed by atoms with Gasteiger partial charge in [0.25, 0.3) is 0 Å². The van der Waals surface area contributed by atoms with Crippen molar-refractivity contribution < 1.29 is 19.0 Å². The van der Waals surface area contributed by atoms with E-state index in [9.17, 15) is 4.79 Å². The Bertz CT molecular complexity index is 188. The molecule has 0 aromatic carbocycles. The highest BCUT2D eigenvalue weighted by Crippen LogP contribution is 2.22. The number of carbonyl (C=O) groups excluding carboxylic acids is 1. The summed E-state index contributed by atoms with van der Waals surface area (Å²) in [5.74, 6) is -0.739. The summed E-state index contributed by atoms with van der Waals surface area (Å²) in [6.07, 6.45) is 0.280. The summed E-state index contributed by atoms with van der Waals surface area (Å²) in [6, 6.07) is 0. The molecule has 0 aromatic rings. The summed E-state index contributed by atoms with van der Waals surface area (Å²) < 4.78 is 15.7. The van der Waals surface area contributed by atoms with Gasteiger partial charge in [0.1, 0.15) is 12.7 Å². The van der Waals surface area contributed by atoms with E-state index in [1.165, 1.54) is 0 Å². The number of carbonyl (C=O) groups is 1. The van der Waals surface area contributed by atoms with Gasteiger partial charge in [-0.3, -0.25) is 4.79 Å². The van der Waals surface area contributed by atoms with Crippen molar-refractivity contribution in [3.63, 3.8) is 0 Å². The maximum absolute atomic E-state index is 10.8. The van der Waals surface area contributed by atoms with Gasteiger partial charge in [-0.1, -0.05) is 6.92 Å². The summed E-state index contributed by atoms with van der Waals surface area (Å²) in [7, 11) is 0. The maximum atomic E-state index is 10.8. The fourth-order valence-corrected chi connectivity index (χ4v) is 1.13. The number of hydrogen-bond donors (Lipinski definition) is 0. The molecule has 0 bridgehead atoms. The zero-order valence-electron chi connectivity index (χ0n) is 8.33. The molecule has 4 nitrogen and oxygen atoms in total. The third-order valence-corrected chi connectivity index (χ3v) is 1.79. The Kier molecular flexibility index (Phi) is 3.27. The van der Waals surface area contributed by atoms with Gasteiger partial charge in [0, 0.05) is 6.42 Å². The minimum absolute atomic E-state index is 0.120. The van der Waals surface area contributed by atoms with E-state index in [2.05, 4.69) is 0 Å². The molecule has 0 radical (unpaired) electrons. The first-order valence-corrected chi connectivity index (χ1v) is 4.51. The van der Waals surface area contributed by atoms with Crippen molar-refractivity contribution in [2.24, 2.45) is 0 Å². The summed E-state index contributed by atoms with van der Waals surface area (Å²) in [5, 5.41) is 0. The van der Waals surface area contributed by atoms with Gasteiger partial charge < -0.3 is 14.2 Å². The van der Waals surface area contributed by atoms with E-state index in [-0.39, 0.29) is 18.7 Å². The minimum atomic E-state index is -0.538. The molecule has 1 saturated heterocycles. The van der Waals surface area contributed by atoms with E-state index < -0.39 is 5.79 Å². The second-order valence-corrected chi connectivity index (χ2v) is 3.49. The van der Waals surface area contributed by atoms with Crippen LogP contribution in [0.2, 0.25) is 0 Å². The molecular formula is C9H16O4. The second kappa shape index (κ2) is 4.07. The largest absolute Gasteiger partial charge is 0.463 e. The normalized spacial score (nSPS) is 25.9. The van der Waals surface area contributed by atoms with E-state index in [0.29, 0.717) is 13.0 Å². The van der Waals surface area contributed by atoms with Gasteiger partial charge >= 0.3 is 5.97 Å². The first-order valence-electron chi connectivity index (χ1n) is 4.51. The second-order valence-electron chi connectivity index (χ2n) is 3.49. The van der Waals surface area contributed by atoms with Crippen LogP contribution in [0.4, 0.5) is 0 Å². The van der Waals surface area contributed by atoms with Crippen LogP contribution in [0.3, 0.4) is 0 Å². The number of ether oxygens (including phenoxy) is 3. The molecule has 0 spiro atoms. The lowest BCUT2D eigenvalue weighted by Crippen LogP contribution is -2.25. The monoisotopic (exact) mass is 188 g/mol. The summed E-state index contributed by atoms with van der Waals surface area (Å²) in [4.78, 5) is 10.8. The Morgan fingerprint density at radius 3 is 2.77 bits per heavy atom. The van der Waals surface area contributed by atoms with E-state index >= 15 is 0 Å². The van der Waals surface area contributed by atoms with Crippen LogP contribution < -0.4 is 0 Å². The molecule has 76 valence electrons. The van der Waals surface area contributed by atoms with Crippen molar-refractivity contribution in [1.29, 1.82) is 0 Å². The van der Waals surface area contributed by atoms with Crippen molar-refractivity contribution >= 4 is 5.97 Å². The fourth-order valence-electron chi connectivity index (χ4n) is 1.13. The lowest BCUT2D eigenvalue weighted by molar-refractivity contribution is -0.158. The molecule has 0 aromatic heterocycles. The van der Waals surface area contributed by atoms with Gasteiger partial charge in [0.2, 0.25) is 0 Å². The predicted octanol–water partition coefficient (Wildman–Crippen LogP) is 1.09. The molecular weight excluding hydrogens is 172 g/mol. The molecule has 0 saturated carbocycles. The topological polar surface area (TPSA) is 44.8 Å². The molecule has 0 N–H and O–H groups in total. The van der Waals surface area contributed by atoms with Crippen LogP contribution >= 0.6 is 0 Å². The summed E-state index contributed by atoms with van der Waals surface area (Å²) >= 11 is 0. The lowest BCUT2D eigenvalue weighted by Gasteiger charge is -2.16. The quantitative estimate of drug-likeness (QED) is 0.622. The molecule has 1 heterocycles. The molecule has 1 aliphatic heterocycles. The zero-order chi connectivity index (χ0) is 9.90. The van der Waals surface area contributed by atoms with Gasteiger partial charge in [-0.15, -0.1) is 0 Å². The van der Waals surface area contributed by atoms with Gasteiger partial charge in [0.15, 0.2) is 5.79 Å². The third kappa shape index (κ3) is 3.32. The first kappa shape index (κ1) is 10.5. The number of hydrogen-bond acceptors (Lipinski definition) is 4. The molecule has 0 amide bonds. The first-order chi connectivity index (χ1) is 6.03. The van der Waals surface area contributed by atoms with E-state index in [4.69, 9.17) is 14.2 Å². The van der Waals surface area contributed by atoms with Crippen LogP contribution in [-0.4, -0.2) is 31.1 Å². The average molecular weight is 188 g/mol. The highest BCUT2D eigenvalue weighted by atomic mass is 16.7. The molecule has 13 heavy (non-hydrogen) atoms. The lowest BCUT2D eigenvalue weighted by atomic mass is 10.4. The van der Waals surface area contributed by atoms with Crippen molar-refractivity contribution in [1.82, 2.24) is 0 Å².